The van der Waals surface area contributed by atoms with Gasteiger partial charge in [-0.15, -0.1) is 11.3 Å². The molecule has 86 valence electrons. The molecule has 3 nitrogen and oxygen atoms in total. The van der Waals surface area contributed by atoms with E-state index in [1.165, 1.54) is 0 Å². The van der Waals surface area contributed by atoms with Crippen molar-refractivity contribution in [1.82, 2.24) is 9.88 Å². The Morgan fingerprint density at radius 3 is 2.67 bits per heavy atom. The third-order valence-electron chi connectivity index (χ3n) is 3.19. The summed E-state index contributed by atoms with van der Waals surface area (Å²) in [7, 11) is 2.12. The molecule has 4 heteroatoms. The average molecular weight is 227 g/mol. The summed E-state index contributed by atoms with van der Waals surface area (Å²) in [4.78, 5) is 6.76. The van der Waals surface area contributed by atoms with Crippen LogP contribution in [0.25, 0.3) is 0 Å². The van der Waals surface area contributed by atoms with Crippen LogP contribution in [0.5, 0.6) is 0 Å². The van der Waals surface area contributed by atoms with Gasteiger partial charge in [0.25, 0.3) is 0 Å². The van der Waals surface area contributed by atoms with Crippen molar-refractivity contribution in [2.24, 2.45) is 5.73 Å². The lowest BCUT2D eigenvalue weighted by Crippen LogP contribution is -2.48. The van der Waals surface area contributed by atoms with Crippen molar-refractivity contribution in [1.29, 1.82) is 0 Å². The molecule has 0 aromatic carbocycles. The van der Waals surface area contributed by atoms with Crippen LogP contribution in [0.4, 0.5) is 0 Å². The zero-order valence-corrected chi connectivity index (χ0v) is 10.9. The highest BCUT2D eigenvalue weighted by atomic mass is 32.1. The molecule has 0 saturated carbocycles. The normalized spacial score (nSPS) is 15.6. The van der Waals surface area contributed by atoms with Gasteiger partial charge in [0.15, 0.2) is 0 Å². The number of likely N-dealkylation sites (N-methyl/N-ethyl adjacent to an activating group) is 1. The zero-order valence-electron chi connectivity index (χ0n) is 10.1. The van der Waals surface area contributed by atoms with E-state index in [9.17, 15) is 0 Å². The average Bonchev–Trinajstić information content (AvgIpc) is 2.62. The molecule has 1 rings (SSSR count). The van der Waals surface area contributed by atoms with E-state index in [0.717, 1.165) is 23.7 Å². The molecule has 0 spiro atoms. The number of hydrogen-bond acceptors (Lipinski definition) is 4. The molecule has 1 aromatic heterocycles. The van der Waals surface area contributed by atoms with Crippen LogP contribution >= 0.6 is 11.3 Å². The Kier molecular flexibility index (Phi) is 4.25. The van der Waals surface area contributed by atoms with E-state index in [2.05, 4.69) is 36.2 Å². The fraction of sp³-hybridized carbons (Fsp3) is 0.727. The van der Waals surface area contributed by atoms with Crippen molar-refractivity contribution in [2.45, 2.75) is 39.3 Å². The predicted molar refractivity (Wildman–Crippen MR) is 66.1 cm³/mol. The lowest BCUT2D eigenvalue weighted by Gasteiger charge is -2.36. The molecule has 0 fully saturated rings. The highest BCUT2D eigenvalue weighted by molar-refractivity contribution is 7.09. The molecule has 0 aliphatic rings. The maximum Gasteiger partial charge on any atom is 0.0897 e. The Bertz CT molecular complexity index is 305. The molecule has 2 N–H and O–H groups in total. The third kappa shape index (κ3) is 3.00. The van der Waals surface area contributed by atoms with Crippen LogP contribution in [0, 0.1) is 6.92 Å². The SMILES string of the molecule is CCC(C)(CN)N(C)Cc1csc(C)n1. The molecule has 0 aliphatic carbocycles. The quantitative estimate of drug-likeness (QED) is 0.836. The van der Waals surface area contributed by atoms with Gasteiger partial charge in [-0.3, -0.25) is 4.90 Å². The number of hydrogen-bond donors (Lipinski definition) is 1. The van der Waals surface area contributed by atoms with Crippen LogP contribution in [0.15, 0.2) is 5.38 Å². The fourth-order valence-corrected chi connectivity index (χ4v) is 2.09. The van der Waals surface area contributed by atoms with E-state index in [-0.39, 0.29) is 5.54 Å². The number of aromatic nitrogens is 1. The summed E-state index contributed by atoms with van der Waals surface area (Å²) in [6.45, 7) is 7.98. The second-order valence-corrected chi connectivity index (χ2v) is 5.33. The fourth-order valence-electron chi connectivity index (χ4n) is 1.48. The lowest BCUT2D eigenvalue weighted by molar-refractivity contribution is 0.130. The number of nitrogens with two attached hydrogens (primary N) is 1. The minimum atomic E-state index is 0.0809. The van der Waals surface area contributed by atoms with Gasteiger partial charge in [0.2, 0.25) is 0 Å². The lowest BCUT2D eigenvalue weighted by atomic mass is 9.97. The summed E-state index contributed by atoms with van der Waals surface area (Å²) in [5, 5.41) is 3.25. The van der Waals surface area contributed by atoms with Gasteiger partial charge in [0, 0.05) is 24.0 Å². The molecule has 0 saturated heterocycles. The van der Waals surface area contributed by atoms with Crippen molar-refractivity contribution in [3.05, 3.63) is 16.1 Å². The van der Waals surface area contributed by atoms with Gasteiger partial charge < -0.3 is 5.73 Å². The first-order valence-electron chi connectivity index (χ1n) is 5.34. The smallest absolute Gasteiger partial charge is 0.0897 e. The molecule has 1 aromatic rings. The summed E-state index contributed by atoms with van der Waals surface area (Å²) in [6.07, 6.45) is 1.06. The van der Waals surface area contributed by atoms with Gasteiger partial charge in [-0.05, 0) is 27.3 Å². The van der Waals surface area contributed by atoms with Crippen LogP contribution in [0.1, 0.15) is 31.0 Å². The first kappa shape index (κ1) is 12.6. The molecular weight excluding hydrogens is 206 g/mol. The Hall–Kier alpha value is -0.450. The van der Waals surface area contributed by atoms with E-state index < -0.39 is 0 Å². The number of thiazole rings is 1. The van der Waals surface area contributed by atoms with Gasteiger partial charge in [0.05, 0.1) is 10.7 Å². The van der Waals surface area contributed by atoms with Crippen LogP contribution in [-0.4, -0.2) is 29.0 Å². The molecular formula is C11H21N3S. The summed E-state index contributed by atoms with van der Waals surface area (Å²) < 4.78 is 0. The highest BCUT2D eigenvalue weighted by Gasteiger charge is 2.25. The van der Waals surface area contributed by atoms with Gasteiger partial charge >= 0.3 is 0 Å². The maximum atomic E-state index is 5.82. The summed E-state index contributed by atoms with van der Waals surface area (Å²) in [5.74, 6) is 0. The third-order valence-corrected chi connectivity index (χ3v) is 4.01. The van der Waals surface area contributed by atoms with E-state index in [1.807, 2.05) is 6.92 Å². The molecule has 0 aliphatic heterocycles. The monoisotopic (exact) mass is 227 g/mol. The number of rotatable bonds is 5. The zero-order chi connectivity index (χ0) is 11.5. The molecule has 0 radical (unpaired) electrons. The van der Waals surface area contributed by atoms with Gasteiger partial charge in [-0.1, -0.05) is 6.92 Å². The summed E-state index contributed by atoms with van der Waals surface area (Å²) >= 11 is 1.70. The molecule has 0 bridgehead atoms. The van der Waals surface area contributed by atoms with Crippen LogP contribution in [-0.2, 0) is 6.54 Å². The summed E-state index contributed by atoms with van der Waals surface area (Å²) in [5.41, 5.74) is 7.05. The molecule has 1 heterocycles. The van der Waals surface area contributed by atoms with E-state index >= 15 is 0 Å². The Morgan fingerprint density at radius 2 is 2.27 bits per heavy atom. The van der Waals surface area contributed by atoms with Crippen LogP contribution < -0.4 is 5.73 Å². The van der Waals surface area contributed by atoms with Crippen molar-refractivity contribution < 1.29 is 0 Å². The van der Waals surface area contributed by atoms with Gasteiger partial charge in [-0.2, -0.15) is 0 Å². The molecule has 0 amide bonds. The standard InChI is InChI=1S/C11H21N3S/c1-5-11(3,8-12)14(4)6-10-7-15-9(2)13-10/h7H,5-6,8,12H2,1-4H3. The van der Waals surface area contributed by atoms with Gasteiger partial charge in [0.1, 0.15) is 0 Å². The minimum Gasteiger partial charge on any atom is -0.329 e. The Morgan fingerprint density at radius 1 is 1.60 bits per heavy atom. The Labute approximate surface area is 96.3 Å². The number of nitrogens with zero attached hydrogens (tertiary/aromatic N) is 2. The first-order chi connectivity index (χ1) is 7.01. The molecule has 1 atom stereocenters. The Balaban J connectivity index is 2.65. The van der Waals surface area contributed by atoms with Crippen molar-refractivity contribution in [2.75, 3.05) is 13.6 Å². The predicted octanol–water partition coefficient (Wildman–Crippen LogP) is 2.01. The largest absolute Gasteiger partial charge is 0.329 e. The van der Waals surface area contributed by atoms with Crippen LogP contribution in [0.3, 0.4) is 0 Å². The van der Waals surface area contributed by atoms with Crippen molar-refractivity contribution >= 4 is 11.3 Å². The van der Waals surface area contributed by atoms with E-state index in [1.54, 1.807) is 11.3 Å². The highest BCUT2D eigenvalue weighted by Crippen LogP contribution is 2.19. The van der Waals surface area contributed by atoms with E-state index in [0.29, 0.717) is 6.54 Å². The second-order valence-electron chi connectivity index (χ2n) is 4.27. The van der Waals surface area contributed by atoms with Crippen molar-refractivity contribution in [3.8, 4) is 0 Å². The summed E-state index contributed by atoms with van der Waals surface area (Å²) in [6, 6.07) is 0. The molecule has 1 unspecified atom stereocenters. The number of aryl methyl sites for hydroxylation is 1. The topological polar surface area (TPSA) is 42.1 Å². The van der Waals surface area contributed by atoms with Crippen LogP contribution in [0.2, 0.25) is 0 Å². The maximum absolute atomic E-state index is 5.82. The first-order valence-corrected chi connectivity index (χ1v) is 6.22. The van der Waals surface area contributed by atoms with Gasteiger partial charge in [-0.25, -0.2) is 4.98 Å². The second kappa shape index (κ2) is 5.05. The van der Waals surface area contributed by atoms with E-state index in [4.69, 9.17) is 5.73 Å². The van der Waals surface area contributed by atoms with Crippen molar-refractivity contribution in [3.63, 3.8) is 0 Å². The minimum absolute atomic E-state index is 0.0809. The molecule has 15 heavy (non-hydrogen) atoms.